The van der Waals surface area contributed by atoms with Crippen LogP contribution in [0.1, 0.15) is 50.2 Å². The molecule has 0 amide bonds. The predicted molar refractivity (Wildman–Crippen MR) is 123 cm³/mol. The number of hydrogen-bond acceptors (Lipinski definition) is 4. The first-order valence-electron chi connectivity index (χ1n) is 12.0. The molecular formula is C24H39N5O. The molecule has 2 atom stereocenters. The number of piperidine rings is 1. The van der Waals surface area contributed by atoms with E-state index in [1.165, 1.54) is 62.9 Å². The van der Waals surface area contributed by atoms with Crippen molar-refractivity contribution in [3.05, 3.63) is 35.4 Å². The molecule has 6 heteroatoms. The van der Waals surface area contributed by atoms with Gasteiger partial charge in [0.2, 0.25) is 0 Å². The van der Waals surface area contributed by atoms with E-state index in [4.69, 9.17) is 9.73 Å². The highest BCUT2D eigenvalue weighted by Crippen LogP contribution is 2.22. The highest BCUT2D eigenvalue weighted by Gasteiger charge is 2.32. The first-order valence-corrected chi connectivity index (χ1v) is 12.0. The van der Waals surface area contributed by atoms with Crippen LogP contribution in [0.5, 0.6) is 0 Å². The first kappa shape index (κ1) is 21.6. The Labute approximate surface area is 182 Å². The largest absolute Gasteiger partial charge is 0.373 e. The average Bonchev–Trinajstić information content (AvgIpc) is 3.25. The SMILES string of the molecule is CCNC(=NCc1ccc(CN2CCCCC2)cc1)NCC1CN2CCCC2CO1. The van der Waals surface area contributed by atoms with Crippen molar-refractivity contribution in [3.63, 3.8) is 0 Å². The van der Waals surface area contributed by atoms with Crippen LogP contribution >= 0.6 is 0 Å². The molecule has 0 spiro atoms. The van der Waals surface area contributed by atoms with Crippen molar-refractivity contribution in [2.75, 3.05) is 45.9 Å². The van der Waals surface area contributed by atoms with Gasteiger partial charge in [0.1, 0.15) is 0 Å². The lowest BCUT2D eigenvalue weighted by Crippen LogP contribution is -2.51. The predicted octanol–water partition coefficient (Wildman–Crippen LogP) is 2.59. The van der Waals surface area contributed by atoms with E-state index in [-0.39, 0.29) is 6.10 Å². The standard InChI is InChI=1S/C24H39N5O/c1-2-25-24(27-16-23-18-29-14-6-7-22(29)19-30-23)26-15-20-8-10-21(11-9-20)17-28-12-4-3-5-13-28/h8-11,22-23H,2-7,12-19H2,1H3,(H2,25,26,27). The summed E-state index contributed by atoms with van der Waals surface area (Å²) in [5.74, 6) is 0.877. The number of fused-ring (bicyclic) bond motifs is 1. The molecule has 2 N–H and O–H groups in total. The van der Waals surface area contributed by atoms with Crippen molar-refractivity contribution >= 4 is 5.96 Å². The van der Waals surface area contributed by atoms with E-state index in [1.54, 1.807) is 0 Å². The van der Waals surface area contributed by atoms with Gasteiger partial charge in [-0.3, -0.25) is 9.80 Å². The molecule has 0 radical (unpaired) electrons. The molecule has 3 heterocycles. The fraction of sp³-hybridized carbons (Fsp3) is 0.708. The van der Waals surface area contributed by atoms with Crippen LogP contribution in [-0.4, -0.2) is 73.8 Å². The van der Waals surface area contributed by atoms with Gasteiger partial charge in [-0.2, -0.15) is 0 Å². The summed E-state index contributed by atoms with van der Waals surface area (Å²) in [7, 11) is 0. The number of likely N-dealkylation sites (tertiary alicyclic amines) is 1. The summed E-state index contributed by atoms with van der Waals surface area (Å²) < 4.78 is 6.07. The molecule has 4 rings (SSSR count). The molecule has 0 saturated carbocycles. The highest BCUT2D eigenvalue weighted by molar-refractivity contribution is 5.79. The Morgan fingerprint density at radius 1 is 1.03 bits per heavy atom. The summed E-state index contributed by atoms with van der Waals surface area (Å²) in [6, 6.07) is 9.64. The van der Waals surface area contributed by atoms with Crippen molar-refractivity contribution in [3.8, 4) is 0 Å². The van der Waals surface area contributed by atoms with Crippen molar-refractivity contribution in [2.45, 2.75) is 64.3 Å². The van der Waals surface area contributed by atoms with Gasteiger partial charge in [-0.15, -0.1) is 0 Å². The zero-order chi connectivity index (χ0) is 20.6. The fourth-order valence-corrected chi connectivity index (χ4v) is 4.86. The summed E-state index contributed by atoms with van der Waals surface area (Å²) in [6.07, 6.45) is 6.93. The van der Waals surface area contributed by atoms with Crippen molar-refractivity contribution in [1.82, 2.24) is 20.4 Å². The number of benzene rings is 1. The third kappa shape index (κ3) is 6.19. The molecule has 3 aliphatic rings. The quantitative estimate of drug-likeness (QED) is 0.532. The van der Waals surface area contributed by atoms with Gasteiger partial charge in [-0.1, -0.05) is 30.7 Å². The van der Waals surface area contributed by atoms with E-state index in [1.807, 2.05) is 0 Å². The molecule has 1 aromatic carbocycles. The number of morpholine rings is 1. The van der Waals surface area contributed by atoms with Gasteiger partial charge >= 0.3 is 0 Å². The normalized spacial score (nSPS) is 25.8. The lowest BCUT2D eigenvalue weighted by Gasteiger charge is -2.35. The van der Waals surface area contributed by atoms with Gasteiger partial charge in [0.15, 0.2) is 5.96 Å². The van der Waals surface area contributed by atoms with Crippen LogP contribution in [0.4, 0.5) is 0 Å². The maximum atomic E-state index is 6.07. The number of guanidine groups is 1. The van der Waals surface area contributed by atoms with E-state index in [9.17, 15) is 0 Å². The van der Waals surface area contributed by atoms with Crippen molar-refractivity contribution in [1.29, 1.82) is 0 Å². The second-order valence-electron chi connectivity index (χ2n) is 8.98. The minimum absolute atomic E-state index is 0.247. The van der Waals surface area contributed by atoms with Crippen LogP contribution in [0.2, 0.25) is 0 Å². The Balaban J connectivity index is 1.24. The zero-order valence-electron chi connectivity index (χ0n) is 18.6. The zero-order valence-corrected chi connectivity index (χ0v) is 18.6. The molecule has 30 heavy (non-hydrogen) atoms. The van der Waals surface area contributed by atoms with E-state index in [0.717, 1.165) is 38.7 Å². The molecule has 3 saturated heterocycles. The smallest absolute Gasteiger partial charge is 0.191 e. The van der Waals surface area contributed by atoms with Gasteiger partial charge < -0.3 is 15.4 Å². The third-order valence-electron chi connectivity index (χ3n) is 6.60. The lowest BCUT2D eigenvalue weighted by molar-refractivity contribution is -0.0453. The maximum Gasteiger partial charge on any atom is 0.191 e. The van der Waals surface area contributed by atoms with Crippen LogP contribution in [0, 0.1) is 0 Å². The monoisotopic (exact) mass is 413 g/mol. The van der Waals surface area contributed by atoms with Gasteiger partial charge in [-0.25, -0.2) is 4.99 Å². The van der Waals surface area contributed by atoms with Crippen molar-refractivity contribution in [2.24, 2.45) is 4.99 Å². The number of rotatable bonds is 7. The number of ether oxygens (including phenoxy) is 1. The highest BCUT2D eigenvalue weighted by atomic mass is 16.5. The summed E-state index contributed by atoms with van der Waals surface area (Å²) >= 11 is 0. The molecule has 1 aromatic rings. The molecule has 0 aromatic heterocycles. The molecule has 166 valence electrons. The molecule has 0 aliphatic carbocycles. The molecular weight excluding hydrogens is 374 g/mol. The number of nitrogens with zero attached hydrogens (tertiary/aromatic N) is 3. The topological polar surface area (TPSA) is 52.1 Å². The Kier molecular flexibility index (Phi) is 8.01. The van der Waals surface area contributed by atoms with Crippen LogP contribution in [-0.2, 0) is 17.8 Å². The fourth-order valence-electron chi connectivity index (χ4n) is 4.86. The third-order valence-corrected chi connectivity index (χ3v) is 6.60. The number of aliphatic imine (C=N–C) groups is 1. The Morgan fingerprint density at radius 3 is 2.63 bits per heavy atom. The summed E-state index contributed by atoms with van der Waals surface area (Å²) in [5.41, 5.74) is 2.66. The van der Waals surface area contributed by atoms with E-state index in [2.05, 4.69) is 51.6 Å². The van der Waals surface area contributed by atoms with Gasteiger partial charge in [0.25, 0.3) is 0 Å². The lowest BCUT2D eigenvalue weighted by atomic mass is 10.1. The molecule has 3 fully saturated rings. The molecule has 0 bridgehead atoms. The van der Waals surface area contributed by atoms with Crippen LogP contribution in [0.15, 0.2) is 29.3 Å². The second kappa shape index (κ2) is 11.1. The van der Waals surface area contributed by atoms with Crippen molar-refractivity contribution < 1.29 is 4.74 Å². The Morgan fingerprint density at radius 2 is 1.83 bits per heavy atom. The summed E-state index contributed by atoms with van der Waals surface area (Å²) in [4.78, 5) is 9.95. The molecule has 3 aliphatic heterocycles. The first-order chi connectivity index (χ1) is 14.8. The minimum atomic E-state index is 0.247. The van der Waals surface area contributed by atoms with Crippen LogP contribution in [0.25, 0.3) is 0 Å². The number of hydrogen-bond donors (Lipinski definition) is 2. The van der Waals surface area contributed by atoms with Gasteiger partial charge in [0.05, 0.1) is 19.3 Å². The summed E-state index contributed by atoms with van der Waals surface area (Å²) in [5, 5.41) is 6.85. The minimum Gasteiger partial charge on any atom is -0.373 e. The maximum absolute atomic E-state index is 6.07. The molecule has 6 nitrogen and oxygen atoms in total. The van der Waals surface area contributed by atoms with Gasteiger partial charge in [0, 0.05) is 32.2 Å². The Bertz CT molecular complexity index is 671. The van der Waals surface area contributed by atoms with E-state index < -0.39 is 0 Å². The summed E-state index contributed by atoms with van der Waals surface area (Å²) in [6.45, 7) is 11.2. The number of nitrogens with one attached hydrogen (secondary N) is 2. The average molecular weight is 414 g/mol. The van der Waals surface area contributed by atoms with Crippen LogP contribution in [0.3, 0.4) is 0 Å². The van der Waals surface area contributed by atoms with Gasteiger partial charge in [-0.05, 0) is 63.4 Å². The van der Waals surface area contributed by atoms with E-state index in [0.29, 0.717) is 12.6 Å². The van der Waals surface area contributed by atoms with E-state index >= 15 is 0 Å². The second-order valence-corrected chi connectivity index (χ2v) is 8.98. The Hall–Kier alpha value is -1.63. The molecule has 2 unspecified atom stereocenters. The van der Waals surface area contributed by atoms with Crippen LogP contribution < -0.4 is 10.6 Å².